The van der Waals surface area contributed by atoms with Crippen LogP contribution in [0.1, 0.15) is 31.2 Å². The van der Waals surface area contributed by atoms with Crippen molar-refractivity contribution in [2.24, 2.45) is 11.8 Å². The van der Waals surface area contributed by atoms with Gasteiger partial charge in [-0.05, 0) is 30.9 Å². The first-order chi connectivity index (χ1) is 12.0. The highest BCUT2D eigenvalue weighted by Crippen LogP contribution is 2.46. The molecule has 1 atom stereocenters. The van der Waals surface area contributed by atoms with E-state index in [9.17, 15) is 13.2 Å². The Morgan fingerprint density at radius 3 is 2.76 bits per heavy atom. The molecule has 0 N–H and O–H groups in total. The predicted octanol–water partition coefficient (Wildman–Crippen LogP) is 1.41. The summed E-state index contributed by atoms with van der Waals surface area (Å²) < 4.78 is 30.3. The minimum Gasteiger partial charge on any atom is -0.376 e. The molecule has 1 aromatic heterocycles. The van der Waals surface area contributed by atoms with Crippen molar-refractivity contribution in [1.82, 2.24) is 9.88 Å². The van der Waals surface area contributed by atoms with Crippen LogP contribution >= 0.6 is 0 Å². The van der Waals surface area contributed by atoms with Crippen LogP contribution in [0.15, 0.2) is 24.5 Å². The molecule has 0 radical (unpaired) electrons. The van der Waals surface area contributed by atoms with E-state index in [4.69, 9.17) is 4.74 Å². The van der Waals surface area contributed by atoms with E-state index in [1.165, 1.54) is 0 Å². The monoisotopic (exact) mass is 364 g/mol. The van der Waals surface area contributed by atoms with E-state index >= 15 is 0 Å². The molecule has 0 unspecified atom stereocenters. The van der Waals surface area contributed by atoms with E-state index in [1.54, 1.807) is 17.3 Å². The summed E-state index contributed by atoms with van der Waals surface area (Å²) in [5.41, 5.74) is 0.979. The van der Waals surface area contributed by atoms with Gasteiger partial charge in [0.05, 0.1) is 19.0 Å². The van der Waals surface area contributed by atoms with Crippen LogP contribution in [0.25, 0.3) is 0 Å². The maximum absolute atomic E-state index is 12.6. The van der Waals surface area contributed by atoms with Crippen LogP contribution < -0.4 is 0 Å². The van der Waals surface area contributed by atoms with Gasteiger partial charge in [-0.3, -0.25) is 9.78 Å². The Hall–Kier alpha value is -1.47. The molecule has 136 valence electrons. The fraction of sp³-hybridized carbons (Fsp3) is 0.667. The topological polar surface area (TPSA) is 76.6 Å². The molecule has 3 fully saturated rings. The van der Waals surface area contributed by atoms with Gasteiger partial charge in [-0.2, -0.15) is 0 Å². The lowest BCUT2D eigenvalue weighted by molar-refractivity contribution is -0.145. The number of hydrogen-bond donors (Lipinski definition) is 0. The van der Waals surface area contributed by atoms with Gasteiger partial charge in [0.15, 0.2) is 9.84 Å². The van der Waals surface area contributed by atoms with Crippen molar-refractivity contribution in [3.05, 3.63) is 30.1 Å². The van der Waals surface area contributed by atoms with E-state index in [1.807, 2.05) is 12.1 Å². The van der Waals surface area contributed by atoms with Gasteiger partial charge in [0.25, 0.3) is 0 Å². The molecule has 3 aliphatic rings. The fourth-order valence-electron chi connectivity index (χ4n) is 4.18. The van der Waals surface area contributed by atoms with E-state index in [-0.39, 0.29) is 23.5 Å². The number of sulfone groups is 1. The number of hydrogen-bond acceptors (Lipinski definition) is 5. The molecular weight excluding hydrogens is 340 g/mol. The number of pyridine rings is 1. The summed E-state index contributed by atoms with van der Waals surface area (Å²) in [6.45, 7) is 1.56. The Balaban J connectivity index is 1.38. The number of nitrogens with zero attached hydrogens (tertiary/aromatic N) is 2. The van der Waals surface area contributed by atoms with Gasteiger partial charge in [-0.1, -0.05) is 12.5 Å². The van der Waals surface area contributed by atoms with Crippen molar-refractivity contribution in [3.63, 3.8) is 0 Å². The van der Waals surface area contributed by atoms with Gasteiger partial charge in [0.2, 0.25) is 5.91 Å². The van der Waals surface area contributed by atoms with Gasteiger partial charge in [-0.15, -0.1) is 0 Å². The number of amides is 1. The number of carbonyl (C=O) groups is 1. The van der Waals surface area contributed by atoms with Crippen LogP contribution in [0.4, 0.5) is 0 Å². The third-order valence-electron chi connectivity index (χ3n) is 6.09. The number of rotatable bonds is 5. The fourth-order valence-corrected chi connectivity index (χ4v) is 6.58. The minimum absolute atomic E-state index is 0.0281. The molecule has 0 bridgehead atoms. The van der Waals surface area contributed by atoms with Crippen molar-refractivity contribution in [1.29, 1.82) is 0 Å². The lowest BCUT2D eigenvalue weighted by atomic mass is 9.79. The summed E-state index contributed by atoms with van der Waals surface area (Å²) >= 11 is 0. The second kappa shape index (κ2) is 6.36. The molecular formula is C18H24N2O4S. The van der Waals surface area contributed by atoms with Crippen LogP contribution in [0, 0.1) is 11.8 Å². The molecule has 1 spiro atoms. The molecule has 2 saturated heterocycles. The van der Waals surface area contributed by atoms with Crippen molar-refractivity contribution < 1.29 is 17.9 Å². The van der Waals surface area contributed by atoms with Crippen molar-refractivity contribution in [2.75, 3.05) is 25.4 Å². The Morgan fingerprint density at radius 1 is 1.32 bits per heavy atom. The van der Waals surface area contributed by atoms with Gasteiger partial charge in [-0.25, -0.2) is 8.42 Å². The van der Waals surface area contributed by atoms with E-state index in [0.29, 0.717) is 32.7 Å². The van der Waals surface area contributed by atoms with Crippen LogP contribution in [-0.4, -0.2) is 54.4 Å². The number of ether oxygens (including phenoxy) is 1. The third kappa shape index (κ3) is 2.87. The maximum Gasteiger partial charge on any atom is 0.225 e. The zero-order valence-electron chi connectivity index (χ0n) is 14.3. The Kier molecular flexibility index (Phi) is 4.32. The molecule has 7 heteroatoms. The Labute approximate surface area is 148 Å². The van der Waals surface area contributed by atoms with Gasteiger partial charge in [0.1, 0.15) is 4.75 Å². The zero-order valence-corrected chi connectivity index (χ0v) is 15.1. The second-order valence-electron chi connectivity index (χ2n) is 7.57. The number of likely N-dealkylation sites (tertiary alicyclic amines) is 1. The van der Waals surface area contributed by atoms with Gasteiger partial charge >= 0.3 is 0 Å². The van der Waals surface area contributed by atoms with Crippen molar-refractivity contribution in [2.45, 2.75) is 37.0 Å². The maximum atomic E-state index is 12.6. The average Bonchev–Trinajstić information content (AvgIpc) is 2.76. The quantitative estimate of drug-likeness (QED) is 0.790. The largest absolute Gasteiger partial charge is 0.376 e. The summed E-state index contributed by atoms with van der Waals surface area (Å²) in [5, 5.41) is 0. The summed E-state index contributed by atoms with van der Waals surface area (Å²) in [5.74, 6) is 0.453. The second-order valence-corrected chi connectivity index (χ2v) is 10.0. The molecule has 1 aromatic rings. The summed E-state index contributed by atoms with van der Waals surface area (Å²) in [4.78, 5) is 18.2. The molecule has 0 aromatic carbocycles. The molecule has 1 aliphatic carbocycles. The Bertz CT molecular complexity index is 740. The minimum atomic E-state index is -3.16. The molecule has 6 nitrogen and oxygen atoms in total. The van der Waals surface area contributed by atoms with Crippen LogP contribution in [0.2, 0.25) is 0 Å². The molecule has 1 saturated carbocycles. The number of carbonyl (C=O) groups excluding carboxylic acids is 1. The van der Waals surface area contributed by atoms with E-state index < -0.39 is 14.6 Å². The Morgan fingerprint density at radius 2 is 2.12 bits per heavy atom. The van der Waals surface area contributed by atoms with E-state index in [2.05, 4.69) is 4.98 Å². The van der Waals surface area contributed by atoms with Crippen LogP contribution in [0.3, 0.4) is 0 Å². The first-order valence-corrected chi connectivity index (χ1v) is 10.6. The third-order valence-corrected chi connectivity index (χ3v) is 8.70. The number of aromatic nitrogens is 1. The summed E-state index contributed by atoms with van der Waals surface area (Å²) in [6.07, 6.45) is 7.10. The first kappa shape index (κ1) is 17.0. The zero-order chi connectivity index (χ0) is 17.5. The van der Waals surface area contributed by atoms with Gasteiger partial charge < -0.3 is 9.64 Å². The molecule has 1 amide bonds. The normalized spacial score (nSPS) is 27.0. The highest BCUT2D eigenvalue weighted by Gasteiger charge is 2.62. The smallest absolute Gasteiger partial charge is 0.225 e. The SMILES string of the molecule is O=C(C1CCC1)N1CC2(C1)[C@H](COCc1cccnc1)CCS2(=O)=O. The van der Waals surface area contributed by atoms with Crippen LogP contribution in [0.5, 0.6) is 0 Å². The molecule has 4 rings (SSSR count). The molecule has 2 aliphatic heterocycles. The average molecular weight is 364 g/mol. The summed E-state index contributed by atoms with van der Waals surface area (Å²) in [7, 11) is -3.16. The molecule has 25 heavy (non-hydrogen) atoms. The highest BCUT2D eigenvalue weighted by atomic mass is 32.2. The standard InChI is InChI=1S/C18H24N2O4S/c21-17(15-4-1-5-15)20-12-18(13-20)16(6-8-25(18,22)23)11-24-10-14-3-2-7-19-9-14/h2-3,7,9,15-16H,1,4-6,8,10-13H2/t16-/m0/s1. The van der Waals surface area contributed by atoms with Gasteiger partial charge in [0, 0.05) is 37.3 Å². The van der Waals surface area contributed by atoms with Crippen LogP contribution in [-0.2, 0) is 26.0 Å². The predicted molar refractivity (Wildman–Crippen MR) is 92.4 cm³/mol. The highest BCUT2D eigenvalue weighted by molar-refractivity contribution is 7.93. The van der Waals surface area contributed by atoms with Crippen molar-refractivity contribution in [3.8, 4) is 0 Å². The summed E-state index contributed by atoms with van der Waals surface area (Å²) in [6, 6.07) is 3.80. The molecule has 3 heterocycles. The first-order valence-electron chi connectivity index (χ1n) is 9.00. The lowest BCUT2D eigenvalue weighted by Crippen LogP contribution is -2.69. The lowest BCUT2D eigenvalue weighted by Gasteiger charge is -2.51. The van der Waals surface area contributed by atoms with Crippen molar-refractivity contribution >= 4 is 15.7 Å². The van der Waals surface area contributed by atoms with E-state index in [0.717, 1.165) is 24.8 Å².